The van der Waals surface area contributed by atoms with Crippen molar-refractivity contribution in [2.75, 3.05) is 0 Å². The molecule has 3 fully saturated rings. The molecule has 0 heterocycles. The molecule has 0 saturated heterocycles. The van der Waals surface area contributed by atoms with Gasteiger partial charge in [0.25, 0.3) is 5.91 Å². The van der Waals surface area contributed by atoms with Crippen LogP contribution in [0, 0.1) is 11.2 Å². The molecule has 3 aliphatic carbocycles. The van der Waals surface area contributed by atoms with Crippen molar-refractivity contribution >= 4 is 22.6 Å². The summed E-state index contributed by atoms with van der Waals surface area (Å²) in [4.78, 5) is 25.9. The molecule has 2 bridgehead atoms. The van der Waals surface area contributed by atoms with Crippen molar-refractivity contribution in [3.05, 3.63) is 77.1 Å². The molecular weight excluding hydrogens is 516 g/mol. The van der Waals surface area contributed by atoms with Crippen molar-refractivity contribution in [2.24, 2.45) is 11.1 Å². The lowest BCUT2D eigenvalue weighted by Gasteiger charge is -2.54. The van der Waals surface area contributed by atoms with Gasteiger partial charge in [0.2, 0.25) is 0 Å². The minimum Gasteiger partial charge on any atom is -0.487 e. The van der Waals surface area contributed by atoms with Gasteiger partial charge in [-0.3, -0.25) is 4.79 Å². The van der Waals surface area contributed by atoms with E-state index in [4.69, 9.17) is 10.5 Å². The van der Waals surface area contributed by atoms with Gasteiger partial charge in [0.05, 0.1) is 11.1 Å². The first-order valence-corrected chi connectivity index (χ1v) is 12.7. The molecular formula is C29H28F4N2O4. The number of benzene rings is 3. The van der Waals surface area contributed by atoms with Crippen molar-refractivity contribution < 1.29 is 37.0 Å². The molecule has 0 radical (unpaired) electrons. The van der Waals surface area contributed by atoms with Gasteiger partial charge in [-0.05, 0) is 85.9 Å². The average Bonchev–Trinajstić information content (AvgIpc) is 2.90. The van der Waals surface area contributed by atoms with Gasteiger partial charge in [-0.25, -0.2) is 9.18 Å². The molecule has 0 aromatic heterocycles. The zero-order valence-electron chi connectivity index (χ0n) is 21.0. The van der Waals surface area contributed by atoms with Crippen LogP contribution in [0.4, 0.5) is 17.6 Å². The summed E-state index contributed by atoms with van der Waals surface area (Å²) in [6.07, 6.45) is -0.632. The smallest absolute Gasteiger partial charge is 0.416 e. The fourth-order valence-electron chi connectivity index (χ4n) is 5.91. The fourth-order valence-corrected chi connectivity index (χ4v) is 5.91. The SMILES string of the molecule is NC12CCC(C(NC(=O)c3ccc4cc(F)ccc4c3OCc3ccc(C(F)(F)F)cc3)C(=O)O)(CC1)CC2. The Balaban J connectivity index is 1.44. The number of hydrogen-bond acceptors (Lipinski definition) is 4. The summed E-state index contributed by atoms with van der Waals surface area (Å²) in [6, 6.07) is 10.2. The number of carbonyl (C=O) groups is 2. The third-order valence-corrected chi connectivity index (χ3v) is 8.34. The van der Waals surface area contributed by atoms with Crippen LogP contribution in [0.3, 0.4) is 0 Å². The summed E-state index contributed by atoms with van der Waals surface area (Å²) < 4.78 is 58.7. The lowest BCUT2D eigenvalue weighted by molar-refractivity contribution is -0.146. The van der Waals surface area contributed by atoms with E-state index >= 15 is 0 Å². The quantitative estimate of drug-likeness (QED) is 0.326. The van der Waals surface area contributed by atoms with E-state index in [-0.39, 0.29) is 23.5 Å². The highest BCUT2D eigenvalue weighted by atomic mass is 19.4. The van der Waals surface area contributed by atoms with Gasteiger partial charge in [-0.15, -0.1) is 0 Å². The molecule has 3 aliphatic rings. The third kappa shape index (κ3) is 5.30. The minimum absolute atomic E-state index is 0.0449. The fraction of sp³-hybridized carbons (Fsp3) is 0.379. The molecule has 6 nitrogen and oxygen atoms in total. The van der Waals surface area contributed by atoms with Gasteiger partial charge in [-0.2, -0.15) is 13.2 Å². The largest absolute Gasteiger partial charge is 0.487 e. The van der Waals surface area contributed by atoms with E-state index in [2.05, 4.69) is 5.32 Å². The van der Waals surface area contributed by atoms with Crippen molar-refractivity contribution in [3.63, 3.8) is 0 Å². The molecule has 3 aromatic rings. The van der Waals surface area contributed by atoms with Gasteiger partial charge >= 0.3 is 12.1 Å². The summed E-state index contributed by atoms with van der Waals surface area (Å²) in [5, 5.41) is 13.7. The summed E-state index contributed by atoms with van der Waals surface area (Å²) in [5.41, 5.74) is 5.16. The second-order valence-corrected chi connectivity index (χ2v) is 10.8. The maximum Gasteiger partial charge on any atom is 0.416 e. The van der Waals surface area contributed by atoms with Gasteiger partial charge < -0.3 is 20.9 Å². The number of aliphatic carboxylic acids is 1. The van der Waals surface area contributed by atoms with Gasteiger partial charge in [0.1, 0.15) is 24.2 Å². The van der Waals surface area contributed by atoms with E-state index in [9.17, 15) is 32.3 Å². The molecule has 3 saturated carbocycles. The predicted molar refractivity (Wildman–Crippen MR) is 136 cm³/mol. The molecule has 206 valence electrons. The van der Waals surface area contributed by atoms with E-state index in [1.54, 1.807) is 0 Å². The van der Waals surface area contributed by atoms with Crippen LogP contribution < -0.4 is 15.8 Å². The minimum atomic E-state index is -4.48. The maximum atomic E-state index is 13.9. The van der Waals surface area contributed by atoms with Crippen molar-refractivity contribution in [3.8, 4) is 5.75 Å². The Morgan fingerprint density at radius 3 is 2.21 bits per heavy atom. The molecule has 10 heteroatoms. The normalized spacial score (nSPS) is 23.4. The average molecular weight is 545 g/mol. The van der Waals surface area contributed by atoms with Crippen LogP contribution in [0.15, 0.2) is 54.6 Å². The molecule has 6 rings (SSSR count). The van der Waals surface area contributed by atoms with Crippen molar-refractivity contribution in [1.29, 1.82) is 0 Å². The lowest BCUT2D eigenvalue weighted by atomic mass is 9.55. The Morgan fingerprint density at radius 1 is 0.974 bits per heavy atom. The second kappa shape index (κ2) is 9.82. The number of fused-ring (bicyclic) bond motifs is 4. The Labute approximate surface area is 222 Å². The van der Waals surface area contributed by atoms with E-state index in [0.717, 1.165) is 12.1 Å². The van der Waals surface area contributed by atoms with Crippen molar-refractivity contribution in [1.82, 2.24) is 5.32 Å². The van der Waals surface area contributed by atoms with Gasteiger partial charge in [-0.1, -0.05) is 18.2 Å². The number of nitrogens with one attached hydrogen (secondary N) is 1. The summed E-state index contributed by atoms with van der Waals surface area (Å²) >= 11 is 0. The molecule has 0 spiro atoms. The highest BCUT2D eigenvalue weighted by Crippen LogP contribution is 2.53. The Hall–Kier alpha value is -3.66. The highest BCUT2D eigenvalue weighted by Gasteiger charge is 2.53. The molecule has 39 heavy (non-hydrogen) atoms. The second-order valence-electron chi connectivity index (χ2n) is 10.8. The number of carboxylic acids is 1. The number of amides is 1. The van der Waals surface area contributed by atoms with Crippen LogP contribution in [0.2, 0.25) is 0 Å². The first kappa shape index (κ1) is 26.9. The van der Waals surface area contributed by atoms with Crippen LogP contribution in [0.1, 0.15) is 60.0 Å². The number of carbonyl (C=O) groups excluding carboxylic acids is 1. The summed E-state index contributed by atoms with van der Waals surface area (Å²) in [7, 11) is 0. The van der Waals surface area contributed by atoms with E-state index < -0.39 is 40.9 Å². The third-order valence-electron chi connectivity index (χ3n) is 8.34. The number of carboxylic acid groups (broad SMARTS) is 1. The number of nitrogens with two attached hydrogens (primary N) is 1. The predicted octanol–water partition coefficient (Wildman–Crippen LogP) is 5.81. The molecule has 1 unspecified atom stereocenters. The number of hydrogen-bond donors (Lipinski definition) is 3. The zero-order valence-corrected chi connectivity index (χ0v) is 21.0. The van der Waals surface area contributed by atoms with Crippen LogP contribution in [-0.2, 0) is 17.6 Å². The summed E-state index contributed by atoms with van der Waals surface area (Å²) in [6.45, 7) is -0.167. The molecule has 3 aromatic carbocycles. The van der Waals surface area contributed by atoms with E-state index in [0.29, 0.717) is 54.9 Å². The number of ether oxygens (including phenoxy) is 1. The number of rotatable bonds is 7. The Kier molecular flexibility index (Phi) is 6.78. The van der Waals surface area contributed by atoms with Crippen LogP contribution >= 0.6 is 0 Å². The first-order chi connectivity index (χ1) is 18.4. The van der Waals surface area contributed by atoms with Crippen LogP contribution in [-0.4, -0.2) is 28.6 Å². The Morgan fingerprint density at radius 2 is 1.62 bits per heavy atom. The number of halogens is 4. The maximum absolute atomic E-state index is 13.9. The van der Waals surface area contributed by atoms with Gasteiger partial charge in [0.15, 0.2) is 0 Å². The molecule has 1 atom stereocenters. The monoisotopic (exact) mass is 544 g/mol. The van der Waals surface area contributed by atoms with Crippen molar-refractivity contribution in [2.45, 2.75) is 62.9 Å². The first-order valence-electron chi connectivity index (χ1n) is 12.7. The molecule has 0 aliphatic heterocycles. The van der Waals surface area contributed by atoms with Crippen LogP contribution in [0.25, 0.3) is 10.8 Å². The van der Waals surface area contributed by atoms with E-state index in [1.807, 2.05) is 0 Å². The lowest BCUT2D eigenvalue weighted by Crippen LogP contribution is -2.61. The van der Waals surface area contributed by atoms with E-state index in [1.165, 1.54) is 42.5 Å². The zero-order chi connectivity index (χ0) is 28.0. The molecule has 4 N–H and O–H groups in total. The standard InChI is InChI=1S/C29H28F4N2O4/c30-20-6-8-21-18(15-20)3-7-22(23(21)39-16-17-1-4-19(5-2-17)29(31,32)33)25(36)35-24(26(37)38)27-9-12-28(34,13-10-27)14-11-27/h1-8,15,24H,9-14,16,34H2,(H,35,36)(H,37,38). The molecule has 1 amide bonds. The topological polar surface area (TPSA) is 102 Å². The number of alkyl halides is 3. The van der Waals surface area contributed by atoms with Crippen LogP contribution in [0.5, 0.6) is 5.75 Å². The Bertz CT molecular complexity index is 1400. The highest BCUT2D eigenvalue weighted by molar-refractivity contribution is 6.05. The van der Waals surface area contributed by atoms with Gasteiger partial charge in [0, 0.05) is 16.3 Å². The summed E-state index contributed by atoms with van der Waals surface area (Å²) in [5.74, 6) is -2.21.